The zero-order chi connectivity index (χ0) is 27.6. The standard InChI is InChI=1S/C29H26F3N7O/c1-38-14-22(29(30,31)32)36-27(38)18-5-3-16(4-6-18)11-19-13-39(20-9-10-20)21-12-33-26(37-24(19)21)23-25(17-7-8-17)34-15-35-28(23)40-2/h3-6,12-15,17,20H,7-11H2,1-2H3. The molecule has 7 rings (SSSR count). The van der Waals surface area contributed by atoms with Crippen LogP contribution in [-0.4, -0.2) is 41.2 Å². The Labute approximate surface area is 227 Å². The molecule has 5 aromatic rings. The molecule has 0 N–H and O–H groups in total. The average molecular weight is 546 g/mol. The average Bonchev–Trinajstić information content (AvgIpc) is 3.88. The van der Waals surface area contributed by atoms with E-state index in [1.54, 1.807) is 14.2 Å². The van der Waals surface area contributed by atoms with Crippen molar-refractivity contribution >= 4 is 11.0 Å². The van der Waals surface area contributed by atoms with Gasteiger partial charge in [-0.2, -0.15) is 13.2 Å². The van der Waals surface area contributed by atoms with E-state index in [1.807, 2.05) is 30.5 Å². The Bertz CT molecular complexity index is 1730. The van der Waals surface area contributed by atoms with Gasteiger partial charge in [0.15, 0.2) is 11.5 Å². The van der Waals surface area contributed by atoms with E-state index in [4.69, 9.17) is 14.7 Å². The van der Waals surface area contributed by atoms with Crippen LogP contribution in [0.3, 0.4) is 0 Å². The molecule has 0 aliphatic heterocycles. The van der Waals surface area contributed by atoms with E-state index in [0.29, 0.717) is 35.6 Å². The summed E-state index contributed by atoms with van der Waals surface area (Å²) in [5.74, 6) is 1.66. The highest BCUT2D eigenvalue weighted by molar-refractivity contribution is 5.82. The predicted octanol–water partition coefficient (Wildman–Crippen LogP) is 6.12. The Hall–Kier alpha value is -4.28. The Balaban J connectivity index is 1.25. The molecule has 0 spiro atoms. The Kier molecular flexibility index (Phi) is 5.65. The van der Waals surface area contributed by atoms with Crippen LogP contribution in [0.1, 0.15) is 60.2 Å². The minimum atomic E-state index is -4.48. The molecular weight excluding hydrogens is 519 g/mol. The second-order valence-electron chi connectivity index (χ2n) is 10.6. The third kappa shape index (κ3) is 4.39. The molecule has 1 aromatic carbocycles. The number of rotatable bonds is 7. The van der Waals surface area contributed by atoms with Gasteiger partial charge in [-0.1, -0.05) is 24.3 Å². The van der Waals surface area contributed by atoms with Gasteiger partial charge in [0.05, 0.1) is 30.0 Å². The molecule has 2 aliphatic rings. The number of ether oxygens (including phenoxy) is 1. The normalized spacial score (nSPS) is 15.6. The summed E-state index contributed by atoms with van der Waals surface area (Å²) >= 11 is 0. The maximum absolute atomic E-state index is 13.1. The third-order valence-electron chi connectivity index (χ3n) is 7.58. The van der Waals surface area contributed by atoms with Crippen LogP contribution in [0, 0.1) is 0 Å². The lowest BCUT2D eigenvalue weighted by Gasteiger charge is -2.11. The summed E-state index contributed by atoms with van der Waals surface area (Å²) in [5.41, 5.74) is 5.31. The minimum absolute atomic E-state index is 0.270. The summed E-state index contributed by atoms with van der Waals surface area (Å²) in [4.78, 5) is 22.5. The van der Waals surface area contributed by atoms with Gasteiger partial charge in [0.1, 0.15) is 17.7 Å². The number of benzene rings is 1. The molecule has 4 aromatic heterocycles. The number of alkyl halides is 3. The molecule has 0 saturated heterocycles. The lowest BCUT2D eigenvalue weighted by atomic mass is 10.0. The molecule has 2 saturated carbocycles. The van der Waals surface area contributed by atoms with Crippen LogP contribution < -0.4 is 4.74 Å². The quantitative estimate of drug-likeness (QED) is 0.245. The molecule has 8 nitrogen and oxygen atoms in total. The number of fused-ring (bicyclic) bond motifs is 1. The number of aryl methyl sites for hydroxylation is 1. The SMILES string of the molecule is COc1ncnc(C2CC2)c1-c1ncc2c(n1)c(Cc1ccc(-c3nc(C(F)(F)F)cn3C)cc1)cn2C1CC1. The van der Waals surface area contributed by atoms with E-state index in [-0.39, 0.29) is 5.82 Å². The van der Waals surface area contributed by atoms with Crippen molar-refractivity contribution in [3.05, 3.63) is 71.7 Å². The first kappa shape index (κ1) is 24.7. The second-order valence-corrected chi connectivity index (χ2v) is 10.6. The van der Waals surface area contributed by atoms with Crippen molar-refractivity contribution in [2.24, 2.45) is 7.05 Å². The molecule has 2 aliphatic carbocycles. The van der Waals surface area contributed by atoms with Crippen LogP contribution in [0.4, 0.5) is 13.2 Å². The van der Waals surface area contributed by atoms with E-state index in [1.165, 1.54) is 10.9 Å². The van der Waals surface area contributed by atoms with Gasteiger partial charge in [0.25, 0.3) is 0 Å². The summed E-state index contributed by atoms with van der Waals surface area (Å²) in [5, 5.41) is 0. The number of hydrogen-bond acceptors (Lipinski definition) is 6. The summed E-state index contributed by atoms with van der Waals surface area (Å²) in [6, 6.07) is 7.92. The zero-order valence-electron chi connectivity index (χ0n) is 22.0. The molecule has 0 unspecified atom stereocenters. The highest BCUT2D eigenvalue weighted by Crippen LogP contribution is 2.45. The number of hydrogen-bond donors (Lipinski definition) is 0. The van der Waals surface area contributed by atoms with Gasteiger partial charge >= 0.3 is 6.18 Å². The van der Waals surface area contributed by atoms with Crippen molar-refractivity contribution in [1.29, 1.82) is 0 Å². The van der Waals surface area contributed by atoms with Crippen molar-refractivity contribution in [2.45, 2.75) is 50.2 Å². The van der Waals surface area contributed by atoms with Gasteiger partial charge in [0.2, 0.25) is 5.88 Å². The fraction of sp³-hybridized carbons (Fsp3) is 0.345. The molecule has 0 radical (unpaired) electrons. The first-order chi connectivity index (χ1) is 19.3. The monoisotopic (exact) mass is 545 g/mol. The predicted molar refractivity (Wildman–Crippen MR) is 142 cm³/mol. The molecule has 2 fully saturated rings. The summed E-state index contributed by atoms with van der Waals surface area (Å²) in [6.07, 6.45) is 7.09. The number of halogens is 3. The molecule has 0 atom stereocenters. The van der Waals surface area contributed by atoms with E-state index in [2.05, 4.69) is 25.7 Å². The van der Waals surface area contributed by atoms with Crippen LogP contribution >= 0.6 is 0 Å². The van der Waals surface area contributed by atoms with Gasteiger partial charge in [-0.05, 0) is 31.2 Å². The Morgan fingerprint density at radius 3 is 2.40 bits per heavy atom. The second kappa shape index (κ2) is 9.14. The van der Waals surface area contributed by atoms with Crippen LogP contribution in [-0.2, 0) is 19.6 Å². The highest BCUT2D eigenvalue weighted by Gasteiger charge is 2.35. The van der Waals surface area contributed by atoms with Crippen molar-refractivity contribution in [3.8, 4) is 28.7 Å². The molecule has 4 heterocycles. The summed E-state index contributed by atoms with van der Waals surface area (Å²) in [7, 11) is 3.16. The van der Waals surface area contributed by atoms with E-state index in [9.17, 15) is 13.2 Å². The summed E-state index contributed by atoms with van der Waals surface area (Å²) < 4.78 is 48.6. The maximum atomic E-state index is 13.1. The number of methoxy groups -OCH3 is 1. The highest BCUT2D eigenvalue weighted by atomic mass is 19.4. The minimum Gasteiger partial charge on any atom is -0.480 e. The summed E-state index contributed by atoms with van der Waals surface area (Å²) in [6.45, 7) is 0. The molecule has 0 amide bonds. The van der Waals surface area contributed by atoms with Gasteiger partial charge in [-0.15, -0.1) is 0 Å². The van der Waals surface area contributed by atoms with E-state index < -0.39 is 11.9 Å². The van der Waals surface area contributed by atoms with Crippen molar-refractivity contribution in [2.75, 3.05) is 7.11 Å². The zero-order valence-corrected chi connectivity index (χ0v) is 22.0. The molecule has 0 bridgehead atoms. The van der Waals surface area contributed by atoms with Gasteiger partial charge < -0.3 is 13.9 Å². The lowest BCUT2D eigenvalue weighted by molar-refractivity contribution is -0.140. The largest absolute Gasteiger partial charge is 0.480 e. The van der Waals surface area contributed by atoms with Gasteiger partial charge in [0, 0.05) is 48.9 Å². The lowest BCUT2D eigenvalue weighted by Crippen LogP contribution is -2.04. The maximum Gasteiger partial charge on any atom is 0.434 e. The van der Waals surface area contributed by atoms with Gasteiger partial charge in [-0.25, -0.2) is 24.9 Å². The van der Waals surface area contributed by atoms with Crippen LogP contribution in [0.15, 0.2) is 49.2 Å². The molecule has 40 heavy (non-hydrogen) atoms. The van der Waals surface area contributed by atoms with Crippen molar-refractivity contribution < 1.29 is 17.9 Å². The number of aromatic nitrogens is 7. The first-order valence-corrected chi connectivity index (χ1v) is 13.3. The Morgan fingerprint density at radius 2 is 1.75 bits per heavy atom. The fourth-order valence-electron chi connectivity index (χ4n) is 5.28. The number of imidazole rings is 1. The molecular formula is C29H26F3N7O. The van der Waals surface area contributed by atoms with Crippen molar-refractivity contribution in [1.82, 2.24) is 34.1 Å². The first-order valence-electron chi connectivity index (χ1n) is 13.3. The van der Waals surface area contributed by atoms with Crippen LogP contribution in [0.25, 0.3) is 33.8 Å². The topological polar surface area (TPSA) is 83.5 Å². The molecule has 204 valence electrons. The van der Waals surface area contributed by atoms with Gasteiger partial charge in [-0.3, -0.25) is 0 Å². The van der Waals surface area contributed by atoms with Crippen LogP contribution in [0.5, 0.6) is 5.88 Å². The smallest absolute Gasteiger partial charge is 0.434 e. The Morgan fingerprint density at radius 1 is 0.975 bits per heavy atom. The van der Waals surface area contributed by atoms with E-state index in [0.717, 1.165) is 65.3 Å². The third-order valence-corrected chi connectivity index (χ3v) is 7.58. The fourth-order valence-corrected chi connectivity index (χ4v) is 5.28. The van der Waals surface area contributed by atoms with Crippen LogP contribution in [0.2, 0.25) is 0 Å². The number of nitrogens with zero attached hydrogens (tertiary/aromatic N) is 7. The van der Waals surface area contributed by atoms with Crippen molar-refractivity contribution in [3.63, 3.8) is 0 Å². The molecule has 11 heteroatoms. The van der Waals surface area contributed by atoms with E-state index >= 15 is 0 Å².